The Morgan fingerprint density at radius 3 is 2.26 bits per heavy atom. The van der Waals surface area contributed by atoms with Crippen molar-refractivity contribution in [1.82, 2.24) is 0 Å². The summed E-state index contributed by atoms with van der Waals surface area (Å²) in [6.07, 6.45) is -1.83. The van der Waals surface area contributed by atoms with E-state index in [9.17, 15) is 24.6 Å². The monoisotopic (exact) mass is 278 g/mol. The van der Waals surface area contributed by atoms with Crippen LogP contribution in [0.2, 0.25) is 0 Å². The molecule has 2 N–H and O–H groups in total. The lowest BCUT2D eigenvalue weighted by molar-refractivity contribution is -0.220. The third kappa shape index (κ3) is 6.73. The van der Waals surface area contributed by atoms with Gasteiger partial charge in [0.2, 0.25) is 0 Å². The van der Waals surface area contributed by atoms with Gasteiger partial charge in [-0.3, -0.25) is 4.79 Å². The Hall–Kier alpha value is -1.67. The average Bonchev–Trinajstić information content (AvgIpc) is 2.28. The molecule has 0 bridgehead atoms. The first-order valence-electron chi connectivity index (χ1n) is 5.66. The van der Waals surface area contributed by atoms with Gasteiger partial charge in [-0.2, -0.15) is 0 Å². The summed E-state index contributed by atoms with van der Waals surface area (Å²) in [6.45, 7) is 3.69. The van der Waals surface area contributed by atoms with Crippen LogP contribution >= 0.6 is 0 Å². The van der Waals surface area contributed by atoms with E-state index in [-0.39, 0.29) is 13.2 Å². The summed E-state index contributed by atoms with van der Waals surface area (Å²) in [6, 6.07) is 0. The molecule has 0 aromatic carbocycles. The molecule has 0 rings (SSSR count). The fourth-order valence-electron chi connectivity index (χ4n) is 1.00. The third-order valence-electron chi connectivity index (χ3n) is 1.99. The lowest BCUT2D eigenvalue weighted by Gasteiger charge is -2.21. The van der Waals surface area contributed by atoms with Crippen molar-refractivity contribution >= 4 is 17.9 Å². The molecule has 0 saturated heterocycles. The molecular formula is C11H18O8. The van der Waals surface area contributed by atoms with E-state index in [1.54, 1.807) is 6.92 Å². The van der Waals surface area contributed by atoms with Gasteiger partial charge in [-0.1, -0.05) is 0 Å². The molecule has 8 heteroatoms. The Morgan fingerprint density at radius 2 is 1.79 bits per heavy atom. The topological polar surface area (TPSA) is 119 Å². The Balaban J connectivity index is 4.30. The van der Waals surface area contributed by atoms with Gasteiger partial charge in [0, 0.05) is 13.3 Å². The zero-order valence-corrected chi connectivity index (χ0v) is 11.0. The van der Waals surface area contributed by atoms with E-state index in [0.717, 1.165) is 6.92 Å². The number of hydrogen-bond acceptors (Lipinski definition) is 8. The van der Waals surface area contributed by atoms with Crippen LogP contribution in [-0.2, 0) is 28.6 Å². The highest BCUT2D eigenvalue weighted by Gasteiger charge is 2.37. The highest BCUT2D eigenvalue weighted by Crippen LogP contribution is 2.11. The Bertz CT molecular complexity index is 336. The van der Waals surface area contributed by atoms with Gasteiger partial charge < -0.3 is 24.4 Å². The average molecular weight is 278 g/mol. The Kier molecular flexibility index (Phi) is 7.02. The van der Waals surface area contributed by atoms with Crippen LogP contribution in [0.15, 0.2) is 0 Å². The molecule has 0 heterocycles. The maximum absolute atomic E-state index is 11.4. The highest BCUT2D eigenvalue weighted by molar-refractivity contribution is 5.82. The van der Waals surface area contributed by atoms with Crippen molar-refractivity contribution in [3.05, 3.63) is 0 Å². The standard InChI is InChI=1S/C11H18O8/c1-4-17-9(13)7(2)19-10(14)11(15,16)5-6-18-8(3)12/h7,15-16H,4-6H2,1-3H3. The predicted octanol–water partition coefficient (Wildman–Crippen LogP) is -0.885. The number of esters is 3. The predicted molar refractivity (Wildman–Crippen MR) is 60.6 cm³/mol. The van der Waals surface area contributed by atoms with E-state index in [1.165, 1.54) is 6.92 Å². The quantitative estimate of drug-likeness (QED) is 0.350. The summed E-state index contributed by atoms with van der Waals surface area (Å²) in [5.74, 6) is -5.67. The van der Waals surface area contributed by atoms with Crippen molar-refractivity contribution in [1.29, 1.82) is 0 Å². The van der Waals surface area contributed by atoms with Crippen molar-refractivity contribution < 1.29 is 38.8 Å². The van der Waals surface area contributed by atoms with Crippen LogP contribution < -0.4 is 0 Å². The SMILES string of the molecule is CCOC(=O)C(C)OC(=O)C(O)(O)CCOC(C)=O. The molecule has 8 nitrogen and oxygen atoms in total. The lowest BCUT2D eigenvalue weighted by atomic mass is 10.2. The van der Waals surface area contributed by atoms with Crippen LogP contribution in [0.4, 0.5) is 0 Å². The number of aliphatic hydroxyl groups is 2. The molecule has 1 atom stereocenters. The zero-order valence-electron chi connectivity index (χ0n) is 11.0. The van der Waals surface area contributed by atoms with Crippen LogP contribution in [0.25, 0.3) is 0 Å². The molecule has 0 aromatic heterocycles. The van der Waals surface area contributed by atoms with E-state index in [0.29, 0.717) is 0 Å². The van der Waals surface area contributed by atoms with Gasteiger partial charge in [0.15, 0.2) is 6.10 Å². The van der Waals surface area contributed by atoms with E-state index in [4.69, 9.17) is 0 Å². The third-order valence-corrected chi connectivity index (χ3v) is 1.99. The largest absolute Gasteiger partial charge is 0.466 e. The maximum atomic E-state index is 11.4. The number of rotatable bonds is 7. The van der Waals surface area contributed by atoms with Gasteiger partial charge in [0.25, 0.3) is 5.79 Å². The van der Waals surface area contributed by atoms with Gasteiger partial charge in [0.05, 0.1) is 13.2 Å². The number of carbonyl (C=O) groups excluding carboxylic acids is 3. The molecular weight excluding hydrogens is 260 g/mol. The van der Waals surface area contributed by atoms with Crippen LogP contribution in [0.3, 0.4) is 0 Å². The lowest BCUT2D eigenvalue weighted by Crippen LogP contribution is -2.43. The van der Waals surface area contributed by atoms with Crippen molar-refractivity contribution in [3.63, 3.8) is 0 Å². The van der Waals surface area contributed by atoms with Gasteiger partial charge in [-0.25, -0.2) is 9.59 Å². The molecule has 19 heavy (non-hydrogen) atoms. The van der Waals surface area contributed by atoms with Crippen molar-refractivity contribution in [2.45, 2.75) is 39.1 Å². The van der Waals surface area contributed by atoms with Crippen LogP contribution in [-0.4, -0.2) is 53.2 Å². The van der Waals surface area contributed by atoms with E-state index < -0.39 is 36.2 Å². The second-order valence-electron chi connectivity index (χ2n) is 3.71. The van der Waals surface area contributed by atoms with Crippen LogP contribution in [0, 0.1) is 0 Å². The first-order valence-corrected chi connectivity index (χ1v) is 5.66. The number of hydrogen-bond donors (Lipinski definition) is 2. The molecule has 0 saturated carbocycles. The van der Waals surface area contributed by atoms with Crippen molar-refractivity contribution in [2.75, 3.05) is 13.2 Å². The van der Waals surface area contributed by atoms with Crippen molar-refractivity contribution in [3.8, 4) is 0 Å². The minimum absolute atomic E-state index is 0.108. The molecule has 0 amide bonds. The second-order valence-corrected chi connectivity index (χ2v) is 3.71. The van der Waals surface area contributed by atoms with Gasteiger partial charge in [0.1, 0.15) is 0 Å². The minimum atomic E-state index is -2.84. The Labute approximate surface area is 110 Å². The molecule has 0 aliphatic carbocycles. The summed E-state index contributed by atoms with van der Waals surface area (Å²) < 4.78 is 13.6. The first-order chi connectivity index (χ1) is 8.70. The fraction of sp³-hybridized carbons (Fsp3) is 0.727. The van der Waals surface area contributed by atoms with E-state index in [1.807, 2.05) is 0 Å². The summed E-state index contributed by atoms with van der Waals surface area (Å²) in [4.78, 5) is 33.0. The smallest absolute Gasteiger partial charge is 0.367 e. The molecule has 0 fully saturated rings. The zero-order chi connectivity index (χ0) is 15.1. The highest BCUT2D eigenvalue weighted by atomic mass is 16.6. The summed E-state index contributed by atoms with van der Waals surface area (Å²) >= 11 is 0. The number of ether oxygens (including phenoxy) is 3. The first kappa shape index (κ1) is 17.3. The molecule has 0 radical (unpaired) electrons. The molecule has 1 unspecified atom stereocenters. The number of carbonyl (C=O) groups is 3. The Morgan fingerprint density at radius 1 is 1.21 bits per heavy atom. The van der Waals surface area contributed by atoms with Gasteiger partial charge >= 0.3 is 17.9 Å². The van der Waals surface area contributed by atoms with Crippen molar-refractivity contribution in [2.24, 2.45) is 0 Å². The van der Waals surface area contributed by atoms with Gasteiger partial charge in [-0.05, 0) is 13.8 Å². The molecule has 0 aliphatic heterocycles. The molecule has 0 aromatic rings. The molecule has 0 aliphatic rings. The van der Waals surface area contributed by atoms with Crippen LogP contribution in [0.1, 0.15) is 27.2 Å². The summed E-state index contributed by atoms with van der Waals surface area (Å²) in [5, 5.41) is 18.8. The molecule has 0 spiro atoms. The second kappa shape index (κ2) is 7.70. The van der Waals surface area contributed by atoms with E-state index in [2.05, 4.69) is 14.2 Å². The molecule has 110 valence electrons. The van der Waals surface area contributed by atoms with Gasteiger partial charge in [-0.15, -0.1) is 0 Å². The van der Waals surface area contributed by atoms with Crippen LogP contribution in [0.5, 0.6) is 0 Å². The minimum Gasteiger partial charge on any atom is -0.466 e. The fourth-order valence-corrected chi connectivity index (χ4v) is 1.00. The van der Waals surface area contributed by atoms with E-state index >= 15 is 0 Å². The summed E-state index contributed by atoms with van der Waals surface area (Å²) in [7, 11) is 0. The summed E-state index contributed by atoms with van der Waals surface area (Å²) in [5.41, 5.74) is 0. The normalized spacial score (nSPS) is 12.5. The maximum Gasteiger partial charge on any atom is 0.367 e.